The second-order valence-electron chi connectivity index (χ2n) is 4.84. The van der Waals surface area contributed by atoms with Gasteiger partial charge in [-0.25, -0.2) is 4.98 Å². The van der Waals surface area contributed by atoms with Gasteiger partial charge in [-0.2, -0.15) is 11.8 Å². The molecule has 2 atom stereocenters. The third kappa shape index (κ3) is 4.14. The van der Waals surface area contributed by atoms with E-state index in [2.05, 4.69) is 28.5 Å². The maximum Gasteiger partial charge on any atom is 0.255 e. The number of aromatic amines is 1. The summed E-state index contributed by atoms with van der Waals surface area (Å²) in [7, 11) is 0. The summed E-state index contributed by atoms with van der Waals surface area (Å²) in [4.78, 5) is 19.0. The average molecular weight is 269 g/mol. The predicted octanol–water partition coefficient (Wildman–Crippen LogP) is 2.04. The Bertz CT molecular complexity index is 444. The van der Waals surface area contributed by atoms with Gasteiger partial charge in [-0.1, -0.05) is 6.92 Å². The van der Waals surface area contributed by atoms with E-state index in [-0.39, 0.29) is 11.6 Å². The van der Waals surface area contributed by atoms with Gasteiger partial charge in [-0.15, -0.1) is 0 Å². The van der Waals surface area contributed by atoms with Crippen molar-refractivity contribution in [3.05, 3.63) is 27.4 Å². The van der Waals surface area contributed by atoms with E-state index in [4.69, 9.17) is 0 Å². The Morgan fingerprint density at radius 3 is 2.61 bits per heavy atom. The third-order valence-corrected chi connectivity index (χ3v) is 3.82. The first kappa shape index (κ1) is 15.2. The van der Waals surface area contributed by atoms with Crippen LogP contribution < -0.4 is 10.9 Å². The van der Waals surface area contributed by atoms with Gasteiger partial charge >= 0.3 is 0 Å². The molecule has 0 saturated heterocycles. The Labute approximate surface area is 113 Å². The van der Waals surface area contributed by atoms with Crippen molar-refractivity contribution in [2.45, 2.75) is 33.7 Å². The molecular weight excluding hydrogens is 246 g/mol. The van der Waals surface area contributed by atoms with Gasteiger partial charge in [0, 0.05) is 11.7 Å². The second-order valence-corrected chi connectivity index (χ2v) is 5.75. The maximum atomic E-state index is 11.9. The Balaban J connectivity index is 2.73. The molecule has 0 aliphatic rings. The minimum Gasteiger partial charge on any atom is -0.310 e. The van der Waals surface area contributed by atoms with E-state index < -0.39 is 0 Å². The highest BCUT2D eigenvalue weighted by Crippen LogP contribution is 2.12. The predicted molar refractivity (Wildman–Crippen MR) is 78.3 cm³/mol. The molecule has 0 aromatic carbocycles. The summed E-state index contributed by atoms with van der Waals surface area (Å²) in [6.45, 7) is 8.83. The van der Waals surface area contributed by atoms with Crippen molar-refractivity contribution in [2.75, 3.05) is 18.6 Å². The highest BCUT2D eigenvalue weighted by atomic mass is 32.2. The molecular formula is C13H23N3OS. The zero-order chi connectivity index (χ0) is 13.7. The van der Waals surface area contributed by atoms with Crippen LogP contribution in [0.5, 0.6) is 0 Å². The molecule has 0 spiro atoms. The van der Waals surface area contributed by atoms with Crippen LogP contribution >= 0.6 is 11.8 Å². The zero-order valence-corrected chi connectivity index (χ0v) is 12.6. The van der Waals surface area contributed by atoms with Gasteiger partial charge in [0.05, 0.1) is 5.56 Å². The van der Waals surface area contributed by atoms with Crippen molar-refractivity contribution in [1.29, 1.82) is 0 Å². The fourth-order valence-corrected chi connectivity index (χ4v) is 2.76. The Kier molecular flexibility index (Phi) is 5.88. The van der Waals surface area contributed by atoms with E-state index in [0.29, 0.717) is 11.7 Å². The molecule has 102 valence electrons. The van der Waals surface area contributed by atoms with Gasteiger partial charge in [0.25, 0.3) is 5.56 Å². The van der Waals surface area contributed by atoms with E-state index >= 15 is 0 Å². The quantitative estimate of drug-likeness (QED) is 0.830. The highest BCUT2D eigenvalue weighted by molar-refractivity contribution is 7.98. The van der Waals surface area contributed by atoms with Crippen molar-refractivity contribution < 1.29 is 0 Å². The third-order valence-electron chi connectivity index (χ3n) is 2.92. The minimum atomic E-state index is -0.0301. The molecule has 0 amide bonds. The topological polar surface area (TPSA) is 57.8 Å². The lowest BCUT2D eigenvalue weighted by Crippen LogP contribution is -2.31. The lowest BCUT2D eigenvalue weighted by Gasteiger charge is -2.18. The summed E-state index contributed by atoms with van der Waals surface area (Å²) >= 11 is 1.85. The number of hydrogen-bond acceptors (Lipinski definition) is 4. The van der Waals surface area contributed by atoms with Crippen molar-refractivity contribution in [3.8, 4) is 0 Å². The fraction of sp³-hybridized carbons (Fsp3) is 0.692. The first-order chi connectivity index (χ1) is 8.45. The van der Waals surface area contributed by atoms with Crippen LogP contribution in [0.2, 0.25) is 0 Å². The Morgan fingerprint density at radius 1 is 1.39 bits per heavy atom. The van der Waals surface area contributed by atoms with Gasteiger partial charge in [-0.3, -0.25) is 4.79 Å². The molecule has 0 fully saturated rings. The lowest BCUT2D eigenvalue weighted by atomic mass is 10.1. The van der Waals surface area contributed by atoms with E-state index in [1.54, 1.807) is 6.92 Å². The van der Waals surface area contributed by atoms with Crippen LogP contribution in [0.25, 0.3) is 0 Å². The Morgan fingerprint density at radius 2 is 2.06 bits per heavy atom. The molecule has 0 saturated carbocycles. The molecule has 2 unspecified atom stereocenters. The average Bonchev–Trinajstić information content (AvgIpc) is 2.25. The molecule has 1 rings (SSSR count). The standard InChI is InChI=1S/C13H23N3OS/c1-8(7-18-5)6-14-9(2)12-10(3)15-11(4)16-13(12)17/h8-9,14H,6-7H2,1-5H3,(H,15,16,17). The number of aryl methyl sites for hydroxylation is 2. The summed E-state index contributed by atoms with van der Waals surface area (Å²) in [5, 5.41) is 3.41. The van der Waals surface area contributed by atoms with Gasteiger partial charge in [0.2, 0.25) is 0 Å². The molecule has 18 heavy (non-hydrogen) atoms. The zero-order valence-electron chi connectivity index (χ0n) is 11.8. The molecule has 2 N–H and O–H groups in total. The molecule has 4 nitrogen and oxygen atoms in total. The normalized spacial score (nSPS) is 14.5. The van der Waals surface area contributed by atoms with Gasteiger partial charge in [0.15, 0.2) is 0 Å². The molecule has 0 radical (unpaired) electrons. The van der Waals surface area contributed by atoms with Crippen LogP contribution in [0.15, 0.2) is 4.79 Å². The molecule has 5 heteroatoms. The molecule has 0 aliphatic carbocycles. The fourth-order valence-electron chi connectivity index (χ4n) is 2.07. The van der Waals surface area contributed by atoms with Crippen molar-refractivity contribution in [1.82, 2.24) is 15.3 Å². The SMILES string of the molecule is CSCC(C)CNC(C)c1c(C)nc(C)[nH]c1=O. The minimum absolute atomic E-state index is 0.0301. The number of hydrogen-bond donors (Lipinski definition) is 2. The van der Waals surface area contributed by atoms with Crippen molar-refractivity contribution in [2.24, 2.45) is 5.92 Å². The monoisotopic (exact) mass is 269 g/mol. The molecule has 1 aromatic heterocycles. The summed E-state index contributed by atoms with van der Waals surface area (Å²) in [5.41, 5.74) is 1.53. The number of aromatic nitrogens is 2. The molecule has 1 heterocycles. The van der Waals surface area contributed by atoms with Crippen LogP contribution in [0.3, 0.4) is 0 Å². The number of nitrogens with zero attached hydrogens (tertiary/aromatic N) is 1. The van der Waals surface area contributed by atoms with Crippen LogP contribution in [0.1, 0.15) is 37.0 Å². The largest absolute Gasteiger partial charge is 0.310 e. The second kappa shape index (κ2) is 6.95. The summed E-state index contributed by atoms with van der Waals surface area (Å²) in [6, 6.07) is 0.0335. The van der Waals surface area contributed by atoms with Gasteiger partial charge in [-0.05, 0) is 45.2 Å². The first-order valence-electron chi connectivity index (χ1n) is 6.25. The Hall–Kier alpha value is -0.810. The number of H-pyrrole nitrogens is 1. The highest BCUT2D eigenvalue weighted by Gasteiger charge is 2.14. The van der Waals surface area contributed by atoms with Crippen molar-refractivity contribution >= 4 is 11.8 Å². The number of thioether (sulfide) groups is 1. The van der Waals surface area contributed by atoms with E-state index in [9.17, 15) is 4.79 Å². The smallest absolute Gasteiger partial charge is 0.255 e. The molecule has 0 bridgehead atoms. The molecule has 0 aliphatic heterocycles. The van der Waals surface area contributed by atoms with Gasteiger partial charge < -0.3 is 10.3 Å². The van der Waals surface area contributed by atoms with Crippen molar-refractivity contribution in [3.63, 3.8) is 0 Å². The van der Waals surface area contributed by atoms with Crippen LogP contribution in [-0.4, -0.2) is 28.5 Å². The van der Waals surface area contributed by atoms with Crippen LogP contribution in [0, 0.1) is 19.8 Å². The van der Waals surface area contributed by atoms with Crippen LogP contribution in [-0.2, 0) is 0 Å². The maximum absolute atomic E-state index is 11.9. The number of rotatable bonds is 6. The van der Waals surface area contributed by atoms with E-state index in [0.717, 1.165) is 23.6 Å². The van der Waals surface area contributed by atoms with E-state index in [1.165, 1.54) is 0 Å². The summed E-state index contributed by atoms with van der Waals surface area (Å²) in [6.07, 6.45) is 2.11. The number of nitrogens with one attached hydrogen (secondary N) is 2. The summed E-state index contributed by atoms with van der Waals surface area (Å²) in [5.74, 6) is 2.39. The molecule has 1 aromatic rings. The van der Waals surface area contributed by atoms with Gasteiger partial charge in [0.1, 0.15) is 5.82 Å². The van der Waals surface area contributed by atoms with Crippen LogP contribution in [0.4, 0.5) is 0 Å². The first-order valence-corrected chi connectivity index (χ1v) is 7.64. The lowest BCUT2D eigenvalue weighted by molar-refractivity contribution is 0.495. The summed E-state index contributed by atoms with van der Waals surface area (Å²) < 4.78 is 0. The van der Waals surface area contributed by atoms with E-state index in [1.807, 2.05) is 25.6 Å².